The molecule has 2 amide bonds. The Balaban J connectivity index is 1.54. The minimum absolute atomic E-state index is 0.0457. The van der Waals surface area contributed by atoms with Gasteiger partial charge < -0.3 is 10.2 Å². The molecule has 0 radical (unpaired) electrons. The summed E-state index contributed by atoms with van der Waals surface area (Å²) in [6.45, 7) is 3.20. The molecule has 2 aromatic rings. The van der Waals surface area contributed by atoms with E-state index in [0.717, 1.165) is 35.0 Å². The second-order valence-corrected chi connectivity index (χ2v) is 8.27. The van der Waals surface area contributed by atoms with E-state index in [1.54, 1.807) is 27.1 Å². The molecule has 1 N–H and O–H groups in total. The zero-order valence-corrected chi connectivity index (χ0v) is 16.3. The molecule has 1 saturated heterocycles. The molecule has 2 aliphatic rings. The highest BCUT2D eigenvalue weighted by atomic mass is 32.1. The van der Waals surface area contributed by atoms with Crippen molar-refractivity contribution in [2.45, 2.75) is 58.0 Å². The van der Waals surface area contributed by atoms with E-state index >= 15 is 0 Å². The number of thiophene rings is 1. The van der Waals surface area contributed by atoms with Crippen LogP contribution in [0.2, 0.25) is 0 Å². The Bertz CT molecular complexity index is 948. The van der Waals surface area contributed by atoms with Crippen LogP contribution < -0.4 is 10.9 Å². The molecule has 1 fully saturated rings. The van der Waals surface area contributed by atoms with Crippen molar-refractivity contribution < 1.29 is 9.59 Å². The summed E-state index contributed by atoms with van der Waals surface area (Å²) in [4.78, 5) is 45.8. The maximum atomic E-state index is 13.0. The summed E-state index contributed by atoms with van der Waals surface area (Å²) in [5.41, 5.74) is 1.12. The van der Waals surface area contributed by atoms with E-state index in [-0.39, 0.29) is 23.8 Å². The molecule has 4 rings (SSSR count). The van der Waals surface area contributed by atoms with E-state index in [2.05, 4.69) is 10.3 Å². The molecule has 27 heavy (non-hydrogen) atoms. The van der Waals surface area contributed by atoms with E-state index in [1.165, 1.54) is 11.3 Å². The van der Waals surface area contributed by atoms with Gasteiger partial charge >= 0.3 is 0 Å². The molecule has 0 spiro atoms. The normalized spacial score (nSPS) is 19.8. The standard InChI is InChI=1S/C19H24N4O3S/c1-2-13-17(25)20-8-10-23(13)15(24)7-9-22-11-21-18-16(19(22)26)12-5-3-4-6-14(12)27-18/h11,13H,2-10H2,1H3,(H,20,25). The molecule has 1 aliphatic carbocycles. The highest BCUT2D eigenvalue weighted by molar-refractivity contribution is 7.18. The topological polar surface area (TPSA) is 84.3 Å². The average Bonchev–Trinajstić information content (AvgIpc) is 3.06. The van der Waals surface area contributed by atoms with Crippen molar-refractivity contribution in [2.24, 2.45) is 0 Å². The zero-order valence-electron chi connectivity index (χ0n) is 15.5. The number of nitrogens with one attached hydrogen (secondary N) is 1. The summed E-state index contributed by atoms with van der Waals surface area (Å²) in [5, 5.41) is 3.54. The Hall–Kier alpha value is -2.22. The van der Waals surface area contributed by atoms with E-state index in [0.29, 0.717) is 26.1 Å². The molecule has 3 heterocycles. The molecular weight excluding hydrogens is 364 g/mol. The van der Waals surface area contributed by atoms with E-state index in [1.807, 2.05) is 6.92 Å². The van der Waals surface area contributed by atoms with E-state index in [9.17, 15) is 14.4 Å². The van der Waals surface area contributed by atoms with Gasteiger partial charge in [-0.3, -0.25) is 19.0 Å². The number of rotatable bonds is 4. The number of hydrogen-bond donors (Lipinski definition) is 1. The van der Waals surface area contributed by atoms with Crippen molar-refractivity contribution in [1.29, 1.82) is 0 Å². The SMILES string of the molecule is CCC1C(=O)NCCN1C(=O)CCn1cnc2sc3c(c2c1=O)CCCC3. The van der Waals surface area contributed by atoms with Crippen LogP contribution in [-0.4, -0.2) is 45.4 Å². The monoisotopic (exact) mass is 388 g/mol. The minimum Gasteiger partial charge on any atom is -0.353 e. The molecule has 0 aromatic carbocycles. The number of carbonyl (C=O) groups excluding carboxylic acids is 2. The van der Waals surface area contributed by atoms with Gasteiger partial charge in [0.1, 0.15) is 10.9 Å². The third kappa shape index (κ3) is 3.26. The summed E-state index contributed by atoms with van der Waals surface area (Å²) >= 11 is 1.63. The smallest absolute Gasteiger partial charge is 0.262 e. The average molecular weight is 388 g/mol. The number of aromatic nitrogens is 2. The fourth-order valence-electron chi connectivity index (χ4n) is 4.12. The van der Waals surface area contributed by atoms with E-state index < -0.39 is 6.04 Å². The van der Waals surface area contributed by atoms with Crippen molar-refractivity contribution in [3.63, 3.8) is 0 Å². The van der Waals surface area contributed by atoms with Gasteiger partial charge in [-0.25, -0.2) is 4.98 Å². The third-order valence-electron chi connectivity index (χ3n) is 5.55. The Morgan fingerprint density at radius 2 is 2.15 bits per heavy atom. The van der Waals surface area contributed by atoms with Gasteiger partial charge in [-0.2, -0.15) is 0 Å². The lowest BCUT2D eigenvalue weighted by Crippen LogP contribution is -2.57. The first kappa shape index (κ1) is 18.2. The highest BCUT2D eigenvalue weighted by Gasteiger charge is 2.31. The summed E-state index contributed by atoms with van der Waals surface area (Å²) < 4.78 is 1.55. The van der Waals surface area contributed by atoms with Crippen LogP contribution in [0.5, 0.6) is 0 Å². The molecule has 0 saturated carbocycles. The van der Waals surface area contributed by atoms with Crippen LogP contribution in [0.25, 0.3) is 10.2 Å². The molecule has 7 nitrogen and oxygen atoms in total. The van der Waals surface area contributed by atoms with Crippen LogP contribution in [0.15, 0.2) is 11.1 Å². The first-order chi connectivity index (χ1) is 13.1. The van der Waals surface area contributed by atoms with Crippen LogP contribution in [0.1, 0.15) is 43.0 Å². The Labute approximate surface area is 161 Å². The van der Waals surface area contributed by atoms with Crippen molar-refractivity contribution in [3.05, 3.63) is 27.1 Å². The second-order valence-electron chi connectivity index (χ2n) is 7.19. The quantitative estimate of drug-likeness (QED) is 0.860. The van der Waals surface area contributed by atoms with Gasteiger partial charge in [-0.15, -0.1) is 11.3 Å². The number of aryl methyl sites for hydroxylation is 3. The largest absolute Gasteiger partial charge is 0.353 e. The Kier molecular flexibility index (Phi) is 4.99. The molecule has 0 bridgehead atoms. The molecule has 1 aliphatic heterocycles. The van der Waals surface area contributed by atoms with Gasteiger partial charge in [-0.1, -0.05) is 6.92 Å². The lowest BCUT2D eigenvalue weighted by molar-refractivity contribution is -0.143. The first-order valence-electron chi connectivity index (χ1n) is 9.67. The van der Waals surface area contributed by atoms with Crippen molar-refractivity contribution in [1.82, 2.24) is 19.8 Å². The van der Waals surface area contributed by atoms with Crippen LogP contribution in [0, 0.1) is 0 Å². The highest BCUT2D eigenvalue weighted by Crippen LogP contribution is 2.33. The lowest BCUT2D eigenvalue weighted by Gasteiger charge is -2.34. The van der Waals surface area contributed by atoms with Crippen LogP contribution in [0.4, 0.5) is 0 Å². The van der Waals surface area contributed by atoms with Gasteiger partial charge in [-0.05, 0) is 37.7 Å². The van der Waals surface area contributed by atoms with Crippen LogP contribution in [0.3, 0.4) is 0 Å². The van der Waals surface area contributed by atoms with Gasteiger partial charge in [0.15, 0.2) is 0 Å². The molecule has 1 atom stereocenters. The fourth-order valence-corrected chi connectivity index (χ4v) is 5.34. The first-order valence-corrected chi connectivity index (χ1v) is 10.5. The van der Waals surface area contributed by atoms with Gasteiger partial charge in [0.25, 0.3) is 5.56 Å². The minimum atomic E-state index is -0.410. The molecule has 8 heteroatoms. The van der Waals surface area contributed by atoms with Crippen molar-refractivity contribution in [3.8, 4) is 0 Å². The third-order valence-corrected chi connectivity index (χ3v) is 6.75. The second kappa shape index (κ2) is 7.42. The van der Waals surface area contributed by atoms with Crippen LogP contribution >= 0.6 is 11.3 Å². The van der Waals surface area contributed by atoms with Crippen molar-refractivity contribution >= 4 is 33.4 Å². The maximum absolute atomic E-state index is 13.0. The lowest BCUT2D eigenvalue weighted by atomic mass is 9.97. The Morgan fingerprint density at radius 1 is 1.33 bits per heavy atom. The number of fused-ring (bicyclic) bond motifs is 3. The predicted octanol–water partition coefficient (Wildman–Crippen LogP) is 1.46. The summed E-state index contributed by atoms with van der Waals surface area (Å²) in [5.74, 6) is -0.182. The summed E-state index contributed by atoms with van der Waals surface area (Å²) in [6.07, 6.45) is 6.60. The molecule has 2 aromatic heterocycles. The number of hydrogen-bond acceptors (Lipinski definition) is 5. The summed E-state index contributed by atoms with van der Waals surface area (Å²) in [6, 6.07) is -0.410. The molecule has 1 unspecified atom stereocenters. The summed E-state index contributed by atoms with van der Waals surface area (Å²) in [7, 11) is 0. The molecular formula is C19H24N4O3S. The number of carbonyl (C=O) groups is 2. The maximum Gasteiger partial charge on any atom is 0.262 e. The number of nitrogens with zero attached hydrogens (tertiary/aromatic N) is 3. The number of piperazine rings is 1. The van der Waals surface area contributed by atoms with Gasteiger partial charge in [0, 0.05) is 30.9 Å². The van der Waals surface area contributed by atoms with Gasteiger partial charge in [0.05, 0.1) is 11.7 Å². The van der Waals surface area contributed by atoms with Gasteiger partial charge in [0.2, 0.25) is 11.8 Å². The zero-order chi connectivity index (χ0) is 19.0. The van der Waals surface area contributed by atoms with E-state index in [4.69, 9.17) is 0 Å². The number of amides is 2. The Morgan fingerprint density at radius 3 is 2.96 bits per heavy atom. The predicted molar refractivity (Wildman–Crippen MR) is 104 cm³/mol. The fraction of sp³-hybridized carbons (Fsp3) is 0.579. The van der Waals surface area contributed by atoms with Crippen LogP contribution in [-0.2, 0) is 29.0 Å². The molecule has 144 valence electrons. The van der Waals surface area contributed by atoms with Crippen molar-refractivity contribution in [2.75, 3.05) is 13.1 Å².